The molecular formula is C10H16ClN3O4S. The maximum absolute atomic E-state index is 12.2. The third-order valence-electron chi connectivity index (χ3n) is 3.02. The van der Waals surface area contributed by atoms with Crippen molar-refractivity contribution in [3.05, 3.63) is 12.5 Å². The summed E-state index contributed by atoms with van der Waals surface area (Å²) in [5.41, 5.74) is 0. The van der Waals surface area contributed by atoms with Crippen molar-refractivity contribution in [1.29, 1.82) is 0 Å². The van der Waals surface area contributed by atoms with Crippen molar-refractivity contribution >= 4 is 28.4 Å². The molecule has 1 N–H and O–H groups in total. The van der Waals surface area contributed by atoms with Crippen LogP contribution in [0.1, 0.15) is 12.8 Å². The van der Waals surface area contributed by atoms with Crippen LogP contribution >= 0.6 is 12.4 Å². The summed E-state index contributed by atoms with van der Waals surface area (Å²) in [7, 11) is -1.99. The van der Waals surface area contributed by atoms with Crippen LogP contribution in [0, 0.1) is 5.92 Å². The molecule has 0 saturated carbocycles. The molecule has 0 amide bonds. The van der Waals surface area contributed by atoms with E-state index in [2.05, 4.69) is 4.98 Å². The van der Waals surface area contributed by atoms with E-state index in [4.69, 9.17) is 5.11 Å². The number of halogens is 1. The molecule has 2 heterocycles. The lowest BCUT2D eigenvalue weighted by Gasteiger charge is -2.29. The van der Waals surface area contributed by atoms with Gasteiger partial charge in [-0.1, -0.05) is 0 Å². The minimum atomic E-state index is -3.67. The first-order valence-electron chi connectivity index (χ1n) is 5.62. The van der Waals surface area contributed by atoms with Crippen molar-refractivity contribution < 1.29 is 18.3 Å². The van der Waals surface area contributed by atoms with Gasteiger partial charge in [0, 0.05) is 26.3 Å². The number of carboxylic acid groups (broad SMARTS) is 1. The molecule has 9 heteroatoms. The first kappa shape index (κ1) is 15.9. The highest BCUT2D eigenvalue weighted by Gasteiger charge is 2.34. The van der Waals surface area contributed by atoms with Crippen LogP contribution in [-0.4, -0.2) is 46.4 Å². The number of aromatic nitrogens is 2. The van der Waals surface area contributed by atoms with Crippen LogP contribution in [0.15, 0.2) is 17.6 Å². The third-order valence-corrected chi connectivity index (χ3v) is 4.77. The molecule has 19 heavy (non-hydrogen) atoms. The van der Waals surface area contributed by atoms with Gasteiger partial charge in [0.15, 0.2) is 5.03 Å². The van der Waals surface area contributed by atoms with Gasteiger partial charge in [-0.05, 0) is 12.8 Å². The predicted molar refractivity (Wildman–Crippen MR) is 69.6 cm³/mol. The minimum absolute atomic E-state index is 0. The van der Waals surface area contributed by atoms with Crippen LogP contribution in [0.2, 0.25) is 0 Å². The summed E-state index contributed by atoms with van der Waals surface area (Å²) >= 11 is 0. The molecule has 0 aromatic carbocycles. The predicted octanol–water partition coefficient (Wildman–Crippen LogP) is 0.327. The monoisotopic (exact) mass is 309 g/mol. The van der Waals surface area contributed by atoms with E-state index in [9.17, 15) is 13.2 Å². The number of imidazole rings is 1. The van der Waals surface area contributed by atoms with Crippen LogP contribution in [0.4, 0.5) is 0 Å². The lowest BCUT2D eigenvalue weighted by molar-refractivity contribution is -0.142. The van der Waals surface area contributed by atoms with Gasteiger partial charge in [0.2, 0.25) is 0 Å². The van der Waals surface area contributed by atoms with E-state index < -0.39 is 21.9 Å². The summed E-state index contributed by atoms with van der Waals surface area (Å²) in [5.74, 6) is -1.58. The second kappa shape index (κ2) is 5.89. The number of hydrogen-bond acceptors (Lipinski definition) is 4. The number of piperidine rings is 1. The SMILES string of the molecule is Cl.Cn1cnc(S(=O)(=O)N2CCCC(C(=O)O)C2)c1. The van der Waals surface area contributed by atoms with E-state index in [1.54, 1.807) is 11.6 Å². The highest BCUT2D eigenvalue weighted by atomic mass is 35.5. The molecule has 1 atom stereocenters. The van der Waals surface area contributed by atoms with Crippen LogP contribution in [-0.2, 0) is 21.9 Å². The van der Waals surface area contributed by atoms with Crippen LogP contribution in [0.5, 0.6) is 0 Å². The Balaban J connectivity index is 0.00000180. The Morgan fingerprint density at radius 3 is 2.74 bits per heavy atom. The smallest absolute Gasteiger partial charge is 0.307 e. The average molecular weight is 310 g/mol. The highest BCUT2D eigenvalue weighted by molar-refractivity contribution is 7.89. The minimum Gasteiger partial charge on any atom is -0.481 e. The molecule has 108 valence electrons. The van der Waals surface area contributed by atoms with Gasteiger partial charge in [-0.3, -0.25) is 4.79 Å². The molecule has 1 aliphatic heterocycles. The molecule has 1 aromatic rings. The van der Waals surface area contributed by atoms with Crippen molar-refractivity contribution in [2.24, 2.45) is 13.0 Å². The van der Waals surface area contributed by atoms with E-state index in [0.717, 1.165) is 0 Å². The van der Waals surface area contributed by atoms with Gasteiger partial charge < -0.3 is 9.67 Å². The first-order valence-corrected chi connectivity index (χ1v) is 7.06. The van der Waals surface area contributed by atoms with Gasteiger partial charge in [-0.2, -0.15) is 4.31 Å². The van der Waals surface area contributed by atoms with E-state index >= 15 is 0 Å². The van der Waals surface area contributed by atoms with Crippen molar-refractivity contribution in [2.75, 3.05) is 13.1 Å². The fourth-order valence-corrected chi connectivity index (χ4v) is 3.51. The summed E-state index contributed by atoms with van der Waals surface area (Å²) in [6.07, 6.45) is 3.90. The fraction of sp³-hybridized carbons (Fsp3) is 0.600. The van der Waals surface area contributed by atoms with Gasteiger partial charge in [-0.15, -0.1) is 12.4 Å². The van der Waals surface area contributed by atoms with Crippen molar-refractivity contribution in [1.82, 2.24) is 13.9 Å². The molecule has 0 spiro atoms. The normalized spacial score (nSPS) is 20.8. The zero-order valence-corrected chi connectivity index (χ0v) is 12.0. The molecule has 0 aliphatic carbocycles. The van der Waals surface area contributed by atoms with E-state index in [1.165, 1.54) is 16.8 Å². The second-order valence-corrected chi connectivity index (χ2v) is 6.30. The number of carboxylic acids is 1. The zero-order valence-electron chi connectivity index (χ0n) is 10.4. The number of sulfonamides is 1. The summed E-state index contributed by atoms with van der Waals surface area (Å²) in [5, 5.41) is 8.92. The summed E-state index contributed by atoms with van der Waals surface area (Å²) in [6.45, 7) is 0.372. The quantitative estimate of drug-likeness (QED) is 0.868. The van der Waals surface area contributed by atoms with Crippen LogP contribution < -0.4 is 0 Å². The Hall–Kier alpha value is -1.12. The van der Waals surface area contributed by atoms with Gasteiger partial charge in [0.25, 0.3) is 10.0 Å². The number of nitrogens with zero attached hydrogens (tertiary/aromatic N) is 3. The molecule has 1 saturated heterocycles. The zero-order chi connectivity index (χ0) is 13.3. The maximum Gasteiger partial charge on any atom is 0.307 e. The Morgan fingerprint density at radius 2 is 2.21 bits per heavy atom. The third kappa shape index (κ3) is 3.26. The van der Waals surface area contributed by atoms with Crippen molar-refractivity contribution in [2.45, 2.75) is 17.9 Å². The summed E-state index contributed by atoms with van der Waals surface area (Å²) < 4.78 is 27.2. The number of aliphatic carboxylic acids is 1. The van der Waals surface area contributed by atoms with Gasteiger partial charge in [0.1, 0.15) is 0 Å². The molecule has 0 bridgehead atoms. The number of carbonyl (C=O) groups is 1. The molecule has 2 rings (SSSR count). The standard InChI is InChI=1S/C10H15N3O4S.ClH/c1-12-6-9(11-7-12)18(16,17)13-4-2-3-8(5-13)10(14)15;/h6-8H,2-5H2,1H3,(H,14,15);1H. The summed E-state index contributed by atoms with van der Waals surface area (Å²) in [4.78, 5) is 14.7. The van der Waals surface area contributed by atoms with Crippen LogP contribution in [0.25, 0.3) is 0 Å². The van der Waals surface area contributed by atoms with E-state index in [-0.39, 0.29) is 24.0 Å². The van der Waals surface area contributed by atoms with E-state index in [1.807, 2.05) is 0 Å². The Labute approximate surface area is 117 Å². The molecule has 1 aromatic heterocycles. The Bertz CT molecular complexity index is 557. The molecule has 0 radical (unpaired) electrons. The topological polar surface area (TPSA) is 92.5 Å². The largest absolute Gasteiger partial charge is 0.481 e. The van der Waals surface area contributed by atoms with Crippen LogP contribution in [0.3, 0.4) is 0 Å². The number of rotatable bonds is 3. The van der Waals surface area contributed by atoms with Crippen molar-refractivity contribution in [3.8, 4) is 0 Å². The molecular weight excluding hydrogens is 294 g/mol. The Morgan fingerprint density at radius 1 is 1.53 bits per heavy atom. The maximum atomic E-state index is 12.2. The lowest BCUT2D eigenvalue weighted by atomic mass is 10.0. The fourth-order valence-electron chi connectivity index (χ4n) is 2.02. The lowest BCUT2D eigenvalue weighted by Crippen LogP contribution is -2.42. The second-order valence-electron chi connectivity index (χ2n) is 4.42. The highest BCUT2D eigenvalue weighted by Crippen LogP contribution is 2.22. The molecule has 7 nitrogen and oxygen atoms in total. The molecule has 1 fully saturated rings. The van der Waals surface area contributed by atoms with E-state index in [0.29, 0.717) is 19.4 Å². The first-order chi connectivity index (χ1) is 8.41. The van der Waals surface area contributed by atoms with Crippen molar-refractivity contribution in [3.63, 3.8) is 0 Å². The van der Waals surface area contributed by atoms with Gasteiger partial charge >= 0.3 is 5.97 Å². The summed E-state index contributed by atoms with van der Waals surface area (Å²) in [6, 6.07) is 0. The number of hydrogen-bond donors (Lipinski definition) is 1. The average Bonchev–Trinajstić information content (AvgIpc) is 2.77. The molecule has 1 aliphatic rings. The Kier molecular flexibility index (Phi) is 4.94. The van der Waals surface area contributed by atoms with Gasteiger partial charge in [0.05, 0.1) is 12.2 Å². The van der Waals surface area contributed by atoms with Gasteiger partial charge in [-0.25, -0.2) is 13.4 Å². The number of aryl methyl sites for hydroxylation is 1. The molecule has 1 unspecified atom stereocenters.